The fourth-order valence-corrected chi connectivity index (χ4v) is 0.472. The van der Waals surface area contributed by atoms with Gasteiger partial charge in [0.1, 0.15) is 6.10 Å². The first kappa shape index (κ1) is 10.1. The SMILES string of the molecule is COC(=O)C(O)C(O)C(C)=O. The van der Waals surface area contributed by atoms with Crippen molar-refractivity contribution in [1.29, 1.82) is 0 Å². The molecule has 2 unspecified atom stereocenters. The smallest absolute Gasteiger partial charge is 0.337 e. The van der Waals surface area contributed by atoms with Crippen LogP contribution >= 0.6 is 0 Å². The van der Waals surface area contributed by atoms with E-state index in [0.29, 0.717) is 0 Å². The molecule has 64 valence electrons. The Morgan fingerprint density at radius 2 is 1.73 bits per heavy atom. The summed E-state index contributed by atoms with van der Waals surface area (Å²) in [5, 5.41) is 17.6. The van der Waals surface area contributed by atoms with Gasteiger partial charge in [-0.2, -0.15) is 0 Å². The first-order valence-corrected chi connectivity index (χ1v) is 2.95. The van der Waals surface area contributed by atoms with Crippen LogP contribution in [-0.2, 0) is 14.3 Å². The third-order valence-electron chi connectivity index (χ3n) is 1.16. The van der Waals surface area contributed by atoms with E-state index in [1.165, 1.54) is 0 Å². The third kappa shape index (κ3) is 2.65. The summed E-state index contributed by atoms with van der Waals surface area (Å²) in [5.74, 6) is -1.70. The molecule has 0 aliphatic rings. The summed E-state index contributed by atoms with van der Waals surface area (Å²) in [6.07, 6.45) is -3.47. The molecule has 0 saturated heterocycles. The molecular formula is C6H10O5. The molecule has 0 aromatic heterocycles. The van der Waals surface area contributed by atoms with Gasteiger partial charge in [0.2, 0.25) is 0 Å². The predicted octanol–water partition coefficient (Wildman–Crippen LogP) is -1.53. The number of methoxy groups -OCH3 is 1. The molecule has 0 bridgehead atoms. The van der Waals surface area contributed by atoms with Crippen LogP contribution in [0.2, 0.25) is 0 Å². The Labute approximate surface area is 63.6 Å². The van der Waals surface area contributed by atoms with Gasteiger partial charge in [-0.25, -0.2) is 4.79 Å². The maximum atomic E-state index is 10.5. The summed E-state index contributed by atoms with van der Waals surface area (Å²) in [4.78, 5) is 20.9. The quantitative estimate of drug-likeness (QED) is 0.492. The van der Waals surface area contributed by atoms with Crippen molar-refractivity contribution >= 4 is 11.8 Å². The molecule has 0 aromatic carbocycles. The summed E-state index contributed by atoms with van der Waals surface area (Å²) >= 11 is 0. The molecule has 2 N–H and O–H groups in total. The fraction of sp³-hybridized carbons (Fsp3) is 0.667. The van der Waals surface area contributed by atoms with Crippen molar-refractivity contribution in [3.05, 3.63) is 0 Å². The summed E-state index contributed by atoms with van der Waals surface area (Å²) in [6.45, 7) is 1.07. The second-order valence-electron chi connectivity index (χ2n) is 2.02. The van der Waals surface area contributed by atoms with Gasteiger partial charge >= 0.3 is 5.97 Å². The highest BCUT2D eigenvalue weighted by molar-refractivity contribution is 5.88. The van der Waals surface area contributed by atoms with E-state index in [0.717, 1.165) is 14.0 Å². The van der Waals surface area contributed by atoms with Gasteiger partial charge in [0.15, 0.2) is 11.9 Å². The van der Waals surface area contributed by atoms with Crippen molar-refractivity contribution in [3.63, 3.8) is 0 Å². The highest BCUT2D eigenvalue weighted by Gasteiger charge is 2.28. The van der Waals surface area contributed by atoms with Crippen LogP contribution in [0.4, 0.5) is 0 Å². The minimum Gasteiger partial charge on any atom is -0.467 e. The molecule has 0 spiro atoms. The van der Waals surface area contributed by atoms with Gasteiger partial charge in [-0.1, -0.05) is 0 Å². The van der Waals surface area contributed by atoms with Crippen LogP contribution < -0.4 is 0 Å². The number of ether oxygens (including phenoxy) is 1. The molecule has 2 atom stereocenters. The van der Waals surface area contributed by atoms with E-state index in [1.54, 1.807) is 0 Å². The number of carbonyl (C=O) groups excluding carboxylic acids is 2. The lowest BCUT2D eigenvalue weighted by Gasteiger charge is -2.11. The highest BCUT2D eigenvalue weighted by atomic mass is 16.5. The number of rotatable bonds is 3. The van der Waals surface area contributed by atoms with Crippen LogP contribution in [0.5, 0.6) is 0 Å². The van der Waals surface area contributed by atoms with Gasteiger partial charge in [0, 0.05) is 0 Å². The molecule has 0 aliphatic carbocycles. The summed E-state index contributed by atoms with van der Waals surface area (Å²) < 4.78 is 4.08. The van der Waals surface area contributed by atoms with Crippen molar-refractivity contribution in [2.45, 2.75) is 19.1 Å². The van der Waals surface area contributed by atoms with E-state index >= 15 is 0 Å². The molecule has 0 rings (SSSR count). The molecule has 0 aliphatic heterocycles. The summed E-state index contributed by atoms with van der Waals surface area (Å²) in [6, 6.07) is 0. The first-order valence-electron chi connectivity index (χ1n) is 2.95. The van der Waals surface area contributed by atoms with Crippen LogP contribution in [0.1, 0.15) is 6.92 Å². The molecule has 0 saturated carbocycles. The zero-order valence-electron chi connectivity index (χ0n) is 6.27. The number of hydrogen-bond donors (Lipinski definition) is 2. The van der Waals surface area contributed by atoms with E-state index in [2.05, 4.69) is 4.74 Å². The Morgan fingerprint density at radius 1 is 1.27 bits per heavy atom. The Kier molecular flexibility index (Phi) is 3.70. The van der Waals surface area contributed by atoms with Gasteiger partial charge in [0.05, 0.1) is 7.11 Å². The van der Waals surface area contributed by atoms with E-state index in [4.69, 9.17) is 10.2 Å². The van der Waals surface area contributed by atoms with E-state index < -0.39 is 24.0 Å². The monoisotopic (exact) mass is 162 g/mol. The normalized spacial score (nSPS) is 15.3. The molecule has 5 heteroatoms. The van der Waals surface area contributed by atoms with Crippen LogP contribution in [0.15, 0.2) is 0 Å². The maximum Gasteiger partial charge on any atom is 0.337 e. The predicted molar refractivity (Wildman–Crippen MR) is 34.7 cm³/mol. The van der Waals surface area contributed by atoms with Crippen molar-refractivity contribution in [1.82, 2.24) is 0 Å². The molecular weight excluding hydrogens is 152 g/mol. The Balaban J connectivity index is 4.12. The number of Topliss-reactive ketones (excluding diaryl/α,β-unsaturated/α-hetero) is 1. The first-order chi connectivity index (χ1) is 5.00. The van der Waals surface area contributed by atoms with Gasteiger partial charge in [-0.15, -0.1) is 0 Å². The lowest BCUT2D eigenvalue weighted by Crippen LogP contribution is -2.39. The van der Waals surface area contributed by atoms with Gasteiger partial charge in [-0.3, -0.25) is 4.79 Å². The lowest BCUT2D eigenvalue weighted by molar-refractivity contribution is -0.160. The average molecular weight is 162 g/mol. The zero-order chi connectivity index (χ0) is 9.02. The van der Waals surface area contributed by atoms with Crippen molar-refractivity contribution < 1.29 is 24.5 Å². The Morgan fingerprint density at radius 3 is 2.00 bits per heavy atom. The molecule has 11 heavy (non-hydrogen) atoms. The Bertz CT molecular complexity index is 164. The average Bonchev–Trinajstić information content (AvgIpc) is 2.00. The zero-order valence-corrected chi connectivity index (χ0v) is 6.27. The standard InChI is InChI=1S/C6H10O5/c1-3(7)4(8)5(9)6(10)11-2/h4-5,8-9H,1-2H3. The van der Waals surface area contributed by atoms with Crippen LogP contribution in [0, 0.1) is 0 Å². The molecule has 0 heterocycles. The highest BCUT2D eigenvalue weighted by Crippen LogP contribution is 1.96. The van der Waals surface area contributed by atoms with Crippen LogP contribution in [0.3, 0.4) is 0 Å². The van der Waals surface area contributed by atoms with Crippen LogP contribution in [0.25, 0.3) is 0 Å². The minimum atomic E-state index is -1.78. The second kappa shape index (κ2) is 4.05. The summed E-state index contributed by atoms with van der Waals surface area (Å²) in [7, 11) is 1.05. The van der Waals surface area contributed by atoms with Crippen molar-refractivity contribution in [3.8, 4) is 0 Å². The number of aliphatic hydroxyl groups is 2. The fourth-order valence-electron chi connectivity index (χ4n) is 0.472. The minimum absolute atomic E-state index is 0.678. The largest absolute Gasteiger partial charge is 0.467 e. The van der Waals surface area contributed by atoms with E-state index in [-0.39, 0.29) is 0 Å². The lowest BCUT2D eigenvalue weighted by atomic mass is 10.1. The van der Waals surface area contributed by atoms with E-state index in [1.807, 2.05) is 0 Å². The van der Waals surface area contributed by atoms with Gasteiger partial charge in [0.25, 0.3) is 0 Å². The number of hydrogen-bond acceptors (Lipinski definition) is 5. The van der Waals surface area contributed by atoms with Gasteiger partial charge < -0.3 is 14.9 Å². The van der Waals surface area contributed by atoms with Gasteiger partial charge in [-0.05, 0) is 6.92 Å². The van der Waals surface area contributed by atoms with E-state index in [9.17, 15) is 9.59 Å². The number of aliphatic hydroxyl groups excluding tert-OH is 2. The molecule has 5 nitrogen and oxygen atoms in total. The molecule has 0 fully saturated rings. The third-order valence-corrected chi connectivity index (χ3v) is 1.16. The molecule has 0 aromatic rings. The second-order valence-corrected chi connectivity index (χ2v) is 2.02. The topological polar surface area (TPSA) is 83.8 Å². The maximum absolute atomic E-state index is 10.5. The number of ketones is 1. The number of esters is 1. The summed E-state index contributed by atoms with van der Waals surface area (Å²) in [5.41, 5.74) is 0. The Hall–Kier alpha value is -0.940. The van der Waals surface area contributed by atoms with Crippen LogP contribution in [-0.4, -0.2) is 41.3 Å². The molecule has 0 radical (unpaired) electrons. The van der Waals surface area contributed by atoms with Crippen molar-refractivity contribution in [2.24, 2.45) is 0 Å². The van der Waals surface area contributed by atoms with Crippen molar-refractivity contribution in [2.75, 3.05) is 7.11 Å². The number of carbonyl (C=O) groups is 2. The molecule has 0 amide bonds.